The lowest BCUT2D eigenvalue weighted by molar-refractivity contribution is -0.134. The highest BCUT2D eigenvalue weighted by Gasteiger charge is 2.18. The summed E-state index contributed by atoms with van der Waals surface area (Å²) in [4.78, 5) is 10.3. The molecule has 0 spiro atoms. The number of nitrogens with one attached hydrogen (secondary N) is 1. The predicted molar refractivity (Wildman–Crippen MR) is 59.4 cm³/mol. The molecule has 0 amide bonds. The zero-order chi connectivity index (χ0) is 12.2. The molecule has 2 N–H and O–H groups in total. The summed E-state index contributed by atoms with van der Waals surface area (Å²) in [7, 11) is -3.78. The van der Waals surface area contributed by atoms with Crippen molar-refractivity contribution in [2.24, 2.45) is 0 Å². The van der Waals surface area contributed by atoms with Crippen LogP contribution in [-0.2, 0) is 14.8 Å². The molecule has 5 nitrogen and oxygen atoms in total. The summed E-state index contributed by atoms with van der Waals surface area (Å²) < 4.78 is 25.0. The largest absolute Gasteiger partial charge is 0.480 e. The van der Waals surface area contributed by atoms with E-state index in [9.17, 15) is 13.2 Å². The van der Waals surface area contributed by atoms with Crippen LogP contribution in [0.25, 0.3) is 0 Å². The van der Waals surface area contributed by atoms with Crippen molar-refractivity contribution in [3.63, 3.8) is 0 Å². The summed E-state index contributed by atoms with van der Waals surface area (Å²) in [5.74, 6) is -2.28. The maximum Gasteiger partial charge on any atom is 0.320 e. The molecule has 16 heavy (non-hydrogen) atoms. The van der Waals surface area contributed by atoms with Gasteiger partial charge in [0, 0.05) is 6.04 Å². The van der Waals surface area contributed by atoms with E-state index in [4.69, 9.17) is 5.11 Å². The van der Waals surface area contributed by atoms with Gasteiger partial charge in [0.15, 0.2) is 5.75 Å². The Morgan fingerprint density at radius 1 is 1.38 bits per heavy atom. The molecule has 0 heterocycles. The van der Waals surface area contributed by atoms with Crippen molar-refractivity contribution in [2.45, 2.75) is 13.0 Å². The summed E-state index contributed by atoms with van der Waals surface area (Å²) in [5, 5.41) is 8.41. The number of carbonyl (C=O) groups is 1. The van der Waals surface area contributed by atoms with Gasteiger partial charge in [0.2, 0.25) is 10.0 Å². The Kier molecular flexibility index (Phi) is 4.03. The third-order valence-electron chi connectivity index (χ3n) is 1.97. The monoisotopic (exact) mass is 243 g/mol. The molecule has 0 aliphatic carbocycles. The maximum absolute atomic E-state index is 11.3. The first kappa shape index (κ1) is 12.7. The molecule has 0 radical (unpaired) electrons. The molecule has 1 aromatic rings. The molecule has 1 rings (SSSR count). The Morgan fingerprint density at radius 3 is 2.44 bits per heavy atom. The van der Waals surface area contributed by atoms with Crippen LogP contribution in [0, 0.1) is 0 Å². The van der Waals surface area contributed by atoms with Crippen molar-refractivity contribution < 1.29 is 18.3 Å². The summed E-state index contributed by atoms with van der Waals surface area (Å²) >= 11 is 0. The third kappa shape index (κ3) is 4.00. The molecule has 0 aliphatic rings. The van der Waals surface area contributed by atoms with Gasteiger partial charge >= 0.3 is 5.97 Å². The summed E-state index contributed by atoms with van der Waals surface area (Å²) in [6.07, 6.45) is 0. The van der Waals surface area contributed by atoms with E-state index in [1.54, 1.807) is 31.2 Å². The lowest BCUT2D eigenvalue weighted by atomic mass is 10.1. The fraction of sp³-hybridized carbons (Fsp3) is 0.300. The third-order valence-corrected chi connectivity index (χ3v) is 3.31. The van der Waals surface area contributed by atoms with Gasteiger partial charge in [0.1, 0.15) is 0 Å². The van der Waals surface area contributed by atoms with E-state index in [0.717, 1.165) is 5.56 Å². The zero-order valence-corrected chi connectivity index (χ0v) is 9.57. The Labute approximate surface area is 94.2 Å². The Bertz CT molecular complexity index is 455. The number of benzene rings is 1. The first-order valence-corrected chi connectivity index (χ1v) is 6.33. The van der Waals surface area contributed by atoms with E-state index in [0.29, 0.717) is 0 Å². The number of rotatable bonds is 5. The molecule has 0 unspecified atom stereocenters. The molecular formula is C10H13NO4S. The van der Waals surface area contributed by atoms with E-state index in [1.165, 1.54) is 0 Å². The Hall–Kier alpha value is -1.40. The highest BCUT2D eigenvalue weighted by atomic mass is 32.2. The molecule has 0 bridgehead atoms. The van der Waals surface area contributed by atoms with Gasteiger partial charge < -0.3 is 5.11 Å². The summed E-state index contributed by atoms with van der Waals surface area (Å²) in [5.41, 5.74) is 0.788. The van der Waals surface area contributed by atoms with Crippen LogP contribution in [0.15, 0.2) is 30.3 Å². The minimum atomic E-state index is -3.78. The van der Waals surface area contributed by atoms with Crippen molar-refractivity contribution in [3.05, 3.63) is 35.9 Å². The number of aliphatic carboxylic acids is 1. The van der Waals surface area contributed by atoms with E-state index in [1.807, 2.05) is 6.07 Å². The van der Waals surface area contributed by atoms with Gasteiger partial charge in [0.25, 0.3) is 0 Å². The highest BCUT2D eigenvalue weighted by Crippen LogP contribution is 2.12. The van der Waals surface area contributed by atoms with Crippen LogP contribution in [-0.4, -0.2) is 25.2 Å². The second-order valence-corrected chi connectivity index (χ2v) is 5.16. The van der Waals surface area contributed by atoms with Gasteiger partial charge in [-0.15, -0.1) is 0 Å². The first-order valence-electron chi connectivity index (χ1n) is 4.67. The predicted octanol–water partition coefficient (Wildman–Crippen LogP) is 0.752. The first-order chi connectivity index (χ1) is 7.41. The lowest BCUT2D eigenvalue weighted by Crippen LogP contribution is -2.32. The maximum atomic E-state index is 11.3. The van der Waals surface area contributed by atoms with Crippen LogP contribution in [0.2, 0.25) is 0 Å². The standard InChI is InChI=1S/C10H13NO4S/c1-8(9-5-3-2-4-6-9)11-16(14,15)7-10(12)13/h2-6,8,11H,7H2,1H3,(H,12,13)/t8-/m1/s1. The molecule has 0 saturated carbocycles. The van der Waals surface area contributed by atoms with Crippen molar-refractivity contribution >= 4 is 16.0 Å². The van der Waals surface area contributed by atoms with Gasteiger partial charge in [-0.3, -0.25) is 4.79 Å². The number of hydrogen-bond acceptors (Lipinski definition) is 3. The average molecular weight is 243 g/mol. The molecule has 0 aliphatic heterocycles. The van der Waals surface area contributed by atoms with Crippen molar-refractivity contribution in [1.82, 2.24) is 4.72 Å². The van der Waals surface area contributed by atoms with E-state index >= 15 is 0 Å². The number of carboxylic acids is 1. The van der Waals surface area contributed by atoms with Crippen LogP contribution < -0.4 is 4.72 Å². The normalized spacial score (nSPS) is 13.3. The van der Waals surface area contributed by atoms with Crippen molar-refractivity contribution in [3.8, 4) is 0 Å². The number of carboxylic acid groups (broad SMARTS) is 1. The quantitative estimate of drug-likeness (QED) is 0.799. The van der Waals surface area contributed by atoms with Gasteiger partial charge in [-0.25, -0.2) is 13.1 Å². The van der Waals surface area contributed by atoms with Crippen LogP contribution in [0.1, 0.15) is 18.5 Å². The highest BCUT2D eigenvalue weighted by molar-refractivity contribution is 7.90. The Morgan fingerprint density at radius 2 is 1.94 bits per heavy atom. The van der Waals surface area contributed by atoms with E-state index < -0.39 is 27.8 Å². The van der Waals surface area contributed by atoms with Crippen LogP contribution in [0.5, 0.6) is 0 Å². The molecule has 0 saturated heterocycles. The molecule has 0 fully saturated rings. The van der Waals surface area contributed by atoms with Gasteiger partial charge in [-0.05, 0) is 12.5 Å². The van der Waals surface area contributed by atoms with Gasteiger partial charge in [0.05, 0.1) is 0 Å². The average Bonchev–Trinajstić information content (AvgIpc) is 2.16. The topological polar surface area (TPSA) is 83.5 Å². The van der Waals surface area contributed by atoms with Gasteiger partial charge in [-0.2, -0.15) is 0 Å². The summed E-state index contributed by atoms with van der Waals surface area (Å²) in [6, 6.07) is 8.50. The second kappa shape index (κ2) is 5.09. The SMILES string of the molecule is C[C@@H](NS(=O)(=O)CC(=O)O)c1ccccc1. The summed E-state index contributed by atoms with van der Waals surface area (Å²) in [6.45, 7) is 1.66. The van der Waals surface area contributed by atoms with Crippen LogP contribution in [0.3, 0.4) is 0 Å². The molecule has 88 valence electrons. The molecule has 1 aromatic carbocycles. The lowest BCUT2D eigenvalue weighted by Gasteiger charge is -2.13. The van der Waals surface area contributed by atoms with E-state index in [2.05, 4.69) is 4.72 Å². The zero-order valence-electron chi connectivity index (χ0n) is 8.75. The van der Waals surface area contributed by atoms with Crippen molar-refractivity contribution in [2.75, 3.05) is 5.75 Å². The molecular weight excluding hydrogens is 230 g/mol. The molecule has 6 heteroatoms. The van der Waals surface area contributed by atoms with Crippen molar-refractivity contribution in [1.29, 1.82) is 0 Å². The molecule has 0 aromatic heterocycles. The van der Waals surface area contributed by atoms with E-state index in [-0.39, 0.29) is 0 Å². The second-order valence-electron chi connectivity index (χ2n) is 3.40. The Balaban J connectivity index is 2.72. The minimum absolute atomic E-state index is 0.439. The molecule has 1 atom stereocenters. The number of sulfonamides is 1. The van der Waals surface area contributed by atoms with Crippen LogP contribution >= 0.6 is 0 Å². The fourth-order valence-electron chi connectivity index (χ4n) is 1.28. The smallest absolute Gasteiger partial charge is 0.320 e. The fourth-order valence-corrected chi connectivity index (χ4v) is 2.37. The minimum Gasteiger partial charge on any atom is -0.480 e. The number of hydrogen-bond donors (Lipinski definition) is 2. The van der Waals surface area contributed by atoms with Crippen LogP contribution in [0.4, 0.5) is 0 Å². The van der Waals surface area contributed by atoms with Gasteiger partial charge in [-0.1, -0.05) is 30.3 Å².